The Kier molecular flexibility index (Phi) is 6.46. The third-order valence-electron chi connectivity index (χ3n) is 6.58. The Balaban J connectivity index is 0.000000601. The van der Waals surface area contributed by atoms with Crippen LogP contribution in [0.25, 0.3) is 0 Å². The Morgan fingerprint density at radius 3 is 2.64 bits per heavy atom. The highest BCUT2D eigenvalue weighted by atomic mass is 16.4. The molecule has 1 fully saturated rings. The van der Waals surface area contributed by atoms with Crippen molar-refractivity contribution < 1.29 is 14.7 Å². The number of rotatable bonds is 1. The number of carbonyl (C=O) groups is 2. The lowest BCUT2D eigenvalue weighted by molar-refractivity contribution is -0.137. The summed E-state index contributed by atoms with van der Waals surface area (Å²) >= 11 is 0. The predicted octanol–water partition coefficient (Wildman–Crippen LogP) is 0.206. The van der Waals surface area contributed by atoms with E-state index in [1.54, 1.807) is 23.6 Å². The first-order chi connectivity index (χ1) is 15.8. The number of carboxylic acids is 1. The number of carbonyl (C=O) groups excluding carboxylic acids is 1. The molecule has 10 nitrogen and oxygen atoms in total. The minimum absolute atomic E-state index is 0.0207. The molecule has 2 aromatic heterocycles. The molecule has 3 atom stereocenters. The largest absolute Gasteiger partial charge is 0.481 e. The number of nitrogens with zero attached hydrogens (tertiary/aromatic N) is 3. The van der Waals surface area contributed by atoms with Gasteiger partial charge in [0.25, 0.3) is 17.1 Å². The van der Waals surface area contributed by atoms with Crippen LogP contribution in [0.1, 0.15) is 48.1 Å². The topological polar surface area (TPSA) is 137 Å². The van der Waals surface area contributed by atoms with E-state index < -0.39 is 12.0 Å². The SMILES string of the molecule is CC(=O)O.Cc1nc2c(c(=O)[nH]1)CCN(C(=O)[C@H]1[C@@H]3CNC[C@@H](C3)c3cccc(=O)n31)CC2. The lowest BCUT2D eigenvalue weighted by Gasteiger charge is -2.43. The third kappa shape index (κ3) is 4.61. The summed E-state index contributed by atoms with van der Waals surface area (Å²) < 4.78 is 1.73. The fourth-order valence-corrected chi connectivity index (χ4v) is 5.25. The summed E-state index contributed by atoms with van der Waals surface area (Å²) in [6.07, 6.45) is 1.96. The van der Waals surface area contributed by atoms with Gasteiger partial charge in [-0.3, -0.25) is 23.7 Å². The first-order valence-electron chi connectivity index (χ1n) is 11.3. The van der Waals surface area contributed by atoms with Gasteiger partial charge in [-0.1, -0.05) is 6.07 Å². The third-order valence-corrected chi connectivity index (χ3v) is 6.58. The Morgan fingerprint density at radius 2 is 1.88 bits per heavy atom. The number of pyridine rings is 1. The molecule has 3 aliphatic heterocycles. The summed E-state index contributed by atoms with van der Waals surface area (Å²) in [4.78, 5) is 56.8. The van der Waals surface area contributed by atoms with Gasteiger partial charge in [0, 0.05) is 68.7 Å². The minimum atomic E-state index is -0.833. The molecular weight excluding hydrogens is 426 g/mol. The van der Waals surface area contributed by atoms with Gasteiger partial charge in [0.2, 0.25) is 5.91 Å². The molecule has 1 amide bonds. The molecule has 176 valence electrons. The summed E-state index contributed by atoms with van der Waals surface area (Å²) in [6.45, 7) is 5.42. The van der Waals surface area contributed by atoms with Crippen LogP contribution in [0.5, 0.6) is 0 Å². The van der Waals surface area contributed by atoms with Crippen LogP contribution in [0, 0.1) is 12.8 Å². The van der Waals surface area contributed by atoms with Crippen molar-refractivity contribution in [3.05, 3.63) is 61.7 Å². The fourth-order valence-electron chi connectivity index (χ4n) is 5.25. The van der Waals surface area contributed by atoms with Gasteiger partial charge in [-0.05, 0) is 25.8 Å². The number of carboxylic acid groups (broad SMARTS) is 1. The van der Waals surface area contributed by atoms with Crippen LogP contribution < -0.4 is 16.4 Å². The summed E-state index contributed by atoms with van der Waals surface area (Å²) in [7, 11) is 0. The second-order valence-electron chi connectivity index (χ2n) is 8.88. The molecule has 10 heteroatoms. The van der Waals surface area contributed by atoms with Gasteiger partial charge in [0.05, 0.1) is 5.69 Å². The van der Waals surface area contributed by atoms with E-state index in [-0.39, 0.29) is 28.9 Å². The van der Waals surface area contributed by atoms with Crippen molar-refractivity contribution in [3.8, 4) is 0 Å². The zero-order chi connectivity index (χ0) is 23.7. The normalized spacial score (nSPS) is 23.3. The van der Waals surface area contributed by atoms with Crippen LogP contribution in [0.3, 0.4) is 0 Å². The van der Waals surface area contributed by atoms with E-state index >= 15 is 0 Å². The highest BCUT2D eigenvalue weighted by molar-refractivity contribution is 5.81. The number of hydrogen-bond acceptors (Lipinski definition) is 6. The number of piperidine rings is 1. The van der Waals surface area contributed by atoms with Gasteiger partial charge in [0.1, 0.15) is 11.9 Å². The van der Waals surface area contributed by atoms with Crippen LogP contribution in [0.2, 0.25) is 0 Å². The molecule has 2 bridgehead atoms. The maximum Gasteiger partial charge on any atom is 0.300 e. The number of aromatic nitrogens is 3. The molecule has 0 spiro atoms. The molecule has 0 aromatic carbocycles. The predicted molar refractivity (Wildman–Crippen MR) is 120 cm³/mol. The Labute approximate surface area is 190 Å². The van der Waals surface area contributed by atoms with Crippen LogP contribution in [0.4, 0.5) is 0 Å². The molecular formula is C23H29N5O5. The minimum Gasteiger partial charge on any atom is -0.481 e. The van der Waals surface area contributed by atoms with E-state index in [1.165, 1.54) is 0 Å². The Bertz CT molecular complexity index is 1180. The molecule has 5 rings (SSSR count). The number of aromatic amines is 1. The fraction of sp³-hybridized carbons (Fsp3) is 0.522. The van der Waals surface area contributed by atoms with Crippen LogP contribution in [0.15, 0.2) is 27.8 Å². The second kappa shape index (κ2) is 9.30. The number of H-pyrrole nitrogens is 1. The molecule has 1 saturated heterocycles. The number of nitrogens with one attached hydrogen (secondary N) is 2. The van der Waals surface area contributed by atoms with Crippen molar-refractivity contribution in [2.75, 3.05) is 26.2 Å². The average Bonchev–Trinajstić information content (AvgIpc) is 2.97. The molecule has 2 aromatic rings. The van der Waals surface area contributed by atoms with Gasteiger partial charge in [-0.15, -0.1) is 0 Å². The molecule has 0 radical (unpaired) electrons. The van der Waals surface area contributed by atoms with Gasteiger partial charge in [-0.25, -0.2) is 4.98 Å². The quantitative estimate of drug-likeness (QED) is 0.559. The standard InChI is InChI=1S/C21H25N5O3.C2H4O2/c1-12-23-16-6-8-25(7-5-15(16)20(28)24-12)21(29)19-14-9-13(10-22-11-14)17-3-2-4-18(27)26(17)19;1-2(3)4/h2-4,13-14,19,22H,5-11H2,1H3,(H,23,24,28);1H3,(H,3,4)/t13-,14+,19-;/m1./s1. The first-order valence-corrected chi connectivity index (χ1v) is 11.3. The molecule has 5 heterocycles. The van der Waals surface area contributed by atoms with E-state index in [1.807, 2.05) is 11.0 Å². The van der Waals surface area contributed by atoms with Crippen molar-refractivity contribution in [2.24, 2.45) is 5.92 Å². The van der Waals surface area contributed by atoms with Crippen molar-refractivity contribution >= 4 is 11.9 Å². The zero-order valence-electron chi connectivity index (χ0n) is 18.8. The van der Waals surface area contributed by atoms with Crippen LogP contribution in [-0.2, 0) is 22.4 Å². The van der Waals surface area contributed by atoms with Gasteiger partial charge in [-0.2, -0.15) is 0 Å². The summed E-state index contributed by atoms with van der Waals surface area (Å²) in [5.41, 5.74) is 2.18. The molecule has 0 aliphatic carbocycles. The van der Waals surface area contributed by atoms with Gasteiger partial charge in [0.15, 0.2) is 0 Å². The molecule has 0 unspecified atom stereocenters. The summed E-state index contributed by atoms with van der Waals surface area (Å²) in [5, 5.41) is 10.9. The van der Waals surface area contributed by atoms with E-state index in [9.17, 15) is 14.4 Å². The Morgan fingerprint density at radius 1 is 1.15 bits per heavy atom. The lowest BCUT2D eigenvalue weighted by Crippen LogP contribution is -2.53. The second-order valence-corrected chi connectivity index (χ2v) is 8.88. The van der Waals surface area contributed by atoms with Crippen molar-refractivity contribution in [1.29, 1.82) is 0 Å². The number of aliphatic carboxylic acids is 1. The van der Waals surface area contributed by atoms with Crippen molar-refractivity contribution in [3.63, 3.8) is 0 Å². The lowest BCUT2D eigenvalue weighted by atomic mass is 9.79. The highest BCUT2D eigenvalue weighted by Gasteiger charge is 2.43. The van der Waals surface area contributed by atoms with Crippen LogP contribution >= 0.6 is 0 Å². The Hall–Kier alpha value is -3.27. The van der Waals surface area contributed by atoms with Gasteiger partial charge < -0.3 is 20.3 Å². The van der Waals surface area contributed by atoms with E-state index in [0.29, 0.717) is 37.3 Å². The van der Waals surface area contributed by atoms with E-state index in [4.69, 9.17) is 9.90 Å². The zero-order valence-corrected chi connectivity index (χ0v) is 18.8. The molecule has 3 aliphatic rings. The number of amides is 1. The maximum absolute atomic E-state index is 13.7. The monoisotopic (exact) mass is 455 g/mol. The number of hydrogen-bond donors (Lipinski definition) is 3. The number of fused-ring (bicyclic) bond motifs is 5. The highest BCUT2D eigenvalue weighted by Crippen LogP contribution is 2.39. The molecule has 3 N–H and O–H groups in total. The maximum atomic E-state index is 13.7. The number of aryl methyl sites for hydroxylation is 1. The van der Waals surface area contributed by atoms with E-state index in [0.717, 1.165) is 37.8 Å². The van der Waals surface area contributed by atoms with Gasteiger partial charge >= 0.3 is 0 Å². The molecule has 0 saturated carbocycles. The van der Waals surface area contributed by atoms with Crippen molar-refractivity contribution in [1.82, 2.24) is 24.8 Å². The summed E-state index contributed by atoms with van der Waals surface area (Å²) in [6, 6.07) is 4.81. The average molecular weight is 456 g/mol. The summed E-state index contributed by atoms with van der Waals surface area (Å²) in [5.74, 6) is 0.113. The van der Waals surface area contributed by atoms with E-state index in [2.05, 4.69) is 15.3 Å². The first kappa shape index (κ1) is 22.9. The molecule has 33 heavy (non-hydrogen) atoms. The smallest absolute Gasteiger partial charge is 0.300 e. The van der Waals surface area contributed by atoms with Crippen LogP contribution in [-0.4, -0.2) is 62.6 Å². The van der Waals surface area contributed by atoms with Crippen molar-refractivity contribution in [2.45, 2.75) is 45.1 Å².